The van der Waals surface area contributed by atoms with E-state index in [4.69, 9.17) is 14.6 Å². The second-order valence-corrected chi connectivity index (χ2v) is 4.93. The van der Waals surface area contributed by atoms with Gasteiger partial charge in [-0.3, -0.25) is 0 Å². The minimum absolute atomic E-state index is 0.0795. The first kappa shape index (κ1) is 16.6. The maximum absolute atomic E-state index is 12.0. The van der Waals surface area contributed by atoms with Crippen LogP contribution in [-0.4, -0.2) is 41.6 Å². The van der Waals surface area contributed by atoms with Crippen LogP contribution in [0.5, 0.6) is 0 Å². The molecule has 1 unspecified atom stereocenters. The lowest BCUT2D eigenvalue weighted by molar-refractivity contribution is -0.164. The minimum Gasteiger partial charge on any atom is -0.459 e. The van der Waals surface area contributed by atoms with Crippen LogP contribution in [0.4, 0.5) is 0 Å². The number of carbonyl (C=O) groups excluding carboxylic acids is 1. The fourth-order valence-corrected chi connectivity index (χ4v) is 1.61. The Bertz CT molecular complexity index is 391. The number of hydrogen-bond acceptors (Lipinski definition) is 5. The van der Waals surface area contributed by atoms with Crippen molar-refractivity contribution in [2.75, 3.05) is 13.2 Å². The van der Waals surface area contributed by atoms with Crippen molar-refractivity contribution in [1.82, 2.24) is 0 Å². The molecule has 5 nitrogen and oxygen atoms in total. The van der Waals surface area contributed by atoms with Crippen molar-refractivity contribution in [2.45, 2.75) is 32.7 Å². The summed E-state index contributed by atoms with van der Waals surface area (Å²) in [4.78, 5) is 12.0. The lowest BCUT2D eigenvalue weighted by atomic mass is 10.1. The Hall–Kier alpha value is -1.43. The summed E-state index contributed by atoms with van der Waals surface area (Å²) in [6.07, 6.45) is -1.74. The number of hydrogen-bond donors (Lipinski definition) is 2. The Balaban J connectivity index is 2.47. The van der Waals surface area contributed by atoms with Crippen LogP contribution in [0, 0.1) is 5.92 Å². The van der Waals surface area contributed by atoms with Gasteiger partial charge in [-0.15, -0.1) is 0 Å². The van der Waals surface area contributed by atoms with Crippen molar-refractivity contribution >= 4 is 5.97 Å². The highest BCUT2D eigenvalue weighted by Gasteiger charge is 2.25. The van der Waals surface area contributed by atoms with Crippen molar-refractivity contribution in [3.8, 4) is 0 Å². The molecule has 2 N–H and O–H groups in total. The molecule has 0 saturated heterocycles. The summed E-state index contributed by atoms with van der Waals surface area (Å²) in [5, 5.41) is 18.0. The van der Waals surface area contributed by atoms with E-state index >= 15 is 0 Å². The Kier molecular flexibility index (Phi) is 7.22. The average molecular weight is 282 g/mol. The normalized spacial score (nSPS) is 14.1. The fourth-order valence-electron chi connectivity index (χ4n) is 1.61. The highest BCUT2D eigenvalue weighted by molar-refractivity contribution is 5.75. The van der Waals surface area contributed by atoms with E-state index in [1.807, 2.05) is 44.2 Å². The highest BCUT2D eigenvalue weighted by atomic mass is 16.6. The van der Waals surface area contributed by atoms with Crippen LogP contribution in [0.3, 0.4) is 0 Å². The molecular weight excluding hydrogens is 260 g/mol. The predicted molar refractivity (Wildman–Crippen MR) is 73.9 cm³/mol. The van der Waals surface area contributed by atoms with Crippen LogP contribution in [0.1, 0.15) is 19.4 Å². The number of esters is 1. The molecule has 0 bridgehead atoms. The van der Waals surface area contributed by atoms with Crippen LogP contribution in [0.15, 0.2) is 30.3 Å². The maximum Gasteiger partial charge on any atom is 0.335 e. The van der Waals surface area contributed by atoms with Crippen molar-refractivity contribution in [3.05, 3.63) is 35.9 Å². The quantitative estimate of drug-likeness (QED) is 0.699. The molecule has 2 atom stereocenters. The van der Waals surface area contributed by atoms with Gasteiger partial charge in [-0.05, 0) is 11.5 Å². The third kappa shape index (κ3) is 5.69. The molecule has 0 aliphatic carbocycles. The second kappa shape index (κ2) is 8.68. The molecular formula is C15H22O5. The van der Waals surface area contributed by atoms with Gasteiger partial charge in [0, 0.05) is 0 Å². The van der Waals surface area contributed by atoms with Gasteiger partial charge >= 0.3 is 5.97 Å². The number of rotatable bonds is 8. The number of carbonyl (C=O) groups is 1. The Morgan fingerprint density at radius 3 is 2.45 bits per heavy atom. The first-order chi connectivity index (χ1) is 9.54. The summed E-state index contributed by atoms with van der Waals surface area (Å²) in [5.74, 6) is -0.543. The van der Waals surface area contributed by atoms with Gasteiger partial charge in [-0.1, -0.05) is 44.2 Å². The van der Waals surface area contributed by atoms with Crippen LogP contribution in [-0.2, 0) is 20.9 Å². The number of benzene rings is 1. The molecule has 0 spiro atoms. The largest absolute Gasteiger partial charge is 0.459 e. The molecule has 0 radical (unpaired) electrons. The number of aliphatic hydroxyl groups is 2. The summed E-state index contributed by atoms with van der Waals surface area (Å²) >= 11 is 0. The molecule has 0 fully saturated rings. The molecule has 0 saturated carbocycles. The van der Waals surface area contributed by atoms with E-state index in [9.17, 15) is 9.90 Å². The van der Waals surface area contributed by atoms with E-state index in [-0.39, 0.29) is 19.1 Å². The molecule has 0 heterocycles. The molecule has 0 amide bonds. The van der Waals surface area contributed by atoms with E-state index in [2.05, 4.69) is 0 Å². The molecule has 1 aromatic rings. The van der Waals surface area contributed by atoms with Gasteiger partial charge in [-0.2, -0.15) is 0 Å². The topological polar surface area (TPSA) is 76.0 Å². The summed E-state index contributed by atoms with van der Waals surface area (Å²) in [5.41, 5.74) is 0.902. The van der Waals surface area contributed by atoms with E-state index in [0.29, 0.717) is 0 Å². The van der Waals surface area contributed by atoms with Gasteiger partial charge in [0.15, 0.2) is 6.10 Å². The third-order valence-electron chi connectivity index (χ3n) is 2.74. The number of aliphatic hydroxyl groups excluding tert-OH is 2. The van der Waals surface area contributed by atoms with Gasteiger partial charge < -0.3 is 19.7 Å². The Morgan fingerprint density at radius 2 is 1.90 bits per heavy atom. The van der Waals surface area contributed by atoms with Crippen molar-refractivity contribution in [1.29, 1.82) is 0 Å². The molecule has 5 heteroatoms. The van der Waals surface area contributed by atoms with Gasteiger partial charge in [0.1, 0.15) is 12.7 Å². The first-order valence-corrected chi connectivity index (χ1v) is 6.65. The smallest absolute Gasteiger partial charge is 0.335 e. The highest BCUT2D eigenvalue weighted by Crippen LogP contribution is 2.11. The van der Waals surface area contributed by atoms with Gasteiger partial charge in [-0.25, -0.2) is 4.79 Å². The zero-order valence-electron chi connectivity index (χ0n) is 11.9. The lowest BCUT2D eigenvalue weighted by Gasteiger charge is -2.21. The zero-order valence-corrected chi connectivity index (χ0v) is 11.9. The van der Waals surface area contributed by atoms with E-state index in [0.717, 1.165) is 5.56 Å². The minimum atomic E-state index is -0.988. The maximum atomic E-state index is 12.0. The van der Waals surface area contributed by atoms with Gasteiger partial charge in [0.2, 0.25) is 0 Å². The molecule has 0 aromatic heterocycles. The zero-order chi connectivity index (χ0) is 15.0. The van der Waals surface area contributed by atoms with E-state index in [1.165, 1.54) is 0 Å². The van der Waals surface area contributed by atoms with Crippen molar-refractivity contribution in [2.24, 2.45) is 5.92 Å². The average Bonchev–Trinajstić information content (AvgIpc) is 2.45. The van der Waals surface area contributed by atoms with E-state index < -0.39 is 24.8 Å². The molecule has 1 rings (SSSR count). The third-order valence-corrected chi connectivity index (χ3v) is 2.74. The predicted octanol–water partition coefficient (Wildman–Crippen LogP) is 1.12. The summed E-state index contributed by atoms with van der Waals surface area (Å²) in [6.45, 7) is 3.36. The van der Waals surface area contributed by atoms with Gasteiger partial charge in [0.05, 0.1) is 13.2 Å². The Morgan fingerprint density at radius 1 is 1.25 bits per heavy atom. The molecule has 1 aromatic carbocycles. The summed E-state index contributed by atoms with van der Waals surface area (Å²) in [6, 6.07) is 9.37. The summed E-state index contributed by atoms with van der Waals surface area (Å²) < 4.78 is 10.5. The molecule has 112 valence electrons. The van der Waals surface area contributed by atoms with Crippen LogP contribution in [0.2, 0.25) is 0 Å². The standard InChI is InChI=1S/C15H22O5/c1-11(2)14(19-10-13(17)8-16)15(18)20-9-12-6-4-3-5-7-12/h3-7,11,13-14,16-17H,8-10H2,1-2H3/t13?,14-/m0/s1. The Labute approximate surface area is 119 Å². The SMILES string of the molecule is CC(C)[C@H](OCC(O)CO)C(=O)OCc1ccccc1. The van der Waals surface area contributed by atoms with Crippen LogP contribution < -0.4 is 0 Å². The molecule has 0 aliphatic heterocycles. The summed E-state index contributed by atoms with van der Waals surface area (Å²) in [7, 11) is 0. The lowest BCUT2D eigenvalue weighted by Crippen LogP contribution is -2.34. The fraction of sp³-hybridized carbons (Fsp3) is 0.533. The van der Waals surface area contributed by atoms with E-state index in [1.54, 1.807) is 0 Å². The molecule has 20 heavy (non-hydrogen) atoms. The van der Waals surface area contributed by atoms with Crippen LogP contribution in [0.25, 0.3) is 0 Å². The van der Waals surface area contributed by atoms with Crippen molar-refractivity contribution in [3.63, 3.8) is 0 Å². The van der Waals surface area contributed by atoms with Crippen LogP contribution >= 0.6 is 0 Å². The first-order valence-electron chi connectivity index (χ1n) is 6.65. The second-order valence-electron chi connectivity index (χ2n) is 4.93. The monoisotopic (exact) mass is 282 g/mol. The van der Waals surface area contributed by atoms with Crippen molar-refractivity contribution < 1.29 is 24.5 Å². The molecule has 0 aliphatic rings. The van der Waals surface area contributed by atoms with Gasteiger partial charge in [0.25, 0.3) is 0 Å². The number of ether oxygens (including phenoxy) is 2.